The van der Waals surface area contributed by atoms with Gasteiger partial charge in [0.15, 0.2) is 0 Å². The van der Waals surface area contributed by atoms with Gasteiger partial charge in [-0.1, -0.05) is 18.2 Å². The average molecular weight is 270 g/mol. The van der Waals surface area contributed by atoms with E-state index in [1.165, 1.54) is 5.56 Å². The summed E-state index contributed by atoms with van der Waals surface area (Å²) in [5.74, 6) is 1.78. The number of ether oxygens (including phenoxy) is 1. The Morgan fingerprint density at radius 1 is 1.25 bits per heavy atom. The van der Waals surface area contributed by atoms with Gasteiger partial charge in [-0.3, -0.25) is 9.88 Å². The van der Waals surface area contributed by atoms with E-state index in [0.717, 1.165) is 36.9 Å². The van der Waals surface area contributed by atoms with Gasteiger partial charge < -0.3 is 10.1 Å². The summed E-state index contributed by atoms with van der Waals surface area (Å²) >= 11 is 0. The first-order valence-electron chi connectivity index (χ1n) is 6.77. The molecule has 2 heterocycles. The molecule has 2 aromatic rings. The minimum atomic E-state index is 0.707. The van der Waals surface area contributed by atoms with Crippen LogP contribution in [0.1, 0.15) is 11.3 Å². The normalized spacial score (nSPS) is 15.1. The molecule has 0 aliphatic carbocycles. The maximum atomic E-state index is 5.77. The van der Waals surface area contributed by atoms with Crippen molar-refractivity contribution < 1.29 is 4.74 Å². The molecule has 0 saturated carbocycles. The minimum absolute atomic E-state index is 0.707. The molecule has 0 saturated heterocycles. The van der Waals surface area contributed by atoms with Crippen molar-refractivity contribution in [1.29, 1.82) is 0 Å². The third-order valence-corrected chi connectivity index (χ3v) is 3.38. The molecule has 1 N–H and O–H groups in total. The number of fused-ring (bicyclic) bond motifs is 1. The highest BCUT2D eigenvalue weighted by molar-refractivity contribution is 5.34. The van der Waals surface area contributed by atoms with E-state index in [0.29, 0.717) is 6.61 Å². The van der Waals surface area contributed by atoms with Gasteiger partial charge >= 0.3 is 0 Å². The van der Waals surface area contributed by atoms with Gasteiger partial charge in [-0.25, -0.2) is 4.98 Å². The lowest BCUT2D eigenvalue weighted by molar-refractivity contribution is 0.217. The van der Waals surface area contributed by atoms with Crippen molar-refractivity contribution in [1.82, 2.24) is 14.9 Å². The Kier molecular flexibility index (Phi) is 3.78. The number of nitrogens with zero attached hydrogens (tertiary/aromatic N) is 3. The zero-order valence-corrected chi connectivity index (χ0v) is 11.5. The first-order chi connectivity index (χ1) is 9.85. The lowest BCUT2D eigenvalue weighted by atomic mass is 10.2. The molecular formula is C15H18N4O. The van der Waals surface area contributed by atoms with Crippen LogP contribution in [-0.2, 0) is 13.1 Å². The van der Waals surface area contributed by atoms with Crippen LogP contribution < -0.4 is 10.1 Å². The Hall–Kier alpha value is -2.14. The summed E-state index contributed by atoms with van der Waals surface area (Å²) in [4.78, 5) is 11.0. The standard InChI is InChI=1S/C15H18N4O/c1-16-15-9-17-13(8-18-15)11-19-6-7-20-14-5-3-2-4-12(14)10-19/h2-5,8-9H,6-7,10-11H2,1H3,(H,16,18). The average Bonchev–Trinajstić information content (AvgIpc) is 2.69. The Bertz CT molecular complexity index is 570. The lowest BCUT2D eigenvalue weighted by Crippen LogP contribution is -2.25. The molecule has 0 atom stereocenters. The summed E-state index contributed by atoms with van der Waals surface area (Å²) in [6, 6.07) is 8.20. The molecule has 3 rings (SSSR count). The molecular weight excluding hydrogens is 252 g/mol. The lowest BCUT2D eigenvalue weighted by Gasteiger charge is -2.18. The highest BCUT2D eigenvalue weighted by atomic mass is 16.5. The van der Waals surface area contributed by atoms with Gasteiger partial charge in [0.2, 0.25) is 0 Å². The van der Waals surface area contributed by atoms with Crippen molar-refractivity contribution in [2.45, 2.75) is 13.1 Å². The van der Waals surface area contributed by atoms with Gasteiger partial charge in [0.25, 0.3) is 0 Å². The molecule has 0 amide bonds. The Morgan fingerprint density at radius 2 is 2.15 bits per heavy atom. The Balaban J connectivity index is 1.71. The zero-order chi connectivity index (χ0) is 13.8. The molecule has 20 heavy (non-hydrogen) atoms. The molecule has 0 radical (unpaired) electrons. The van der Waals surface area contributed by atoms with Crippen molar-refractivity contribution in [3.05, 3.63) is 47.9 Å². The second-order valence-electron chi connectivity index (χ2n) is 4.81. The fourth-order valence-corrected chi connectivity index (χ4v) is 2.31. The molecule has 0 spiro atoms. The summed E-state index contributed by atoms with van der Waals surface area (Å²) in [6.07, 6.45) is 3.58. The van der Waals surface area contributed by atoms with E-state index in [1.54, 1.807) is 6.20 Å². The van der Waals surface area contributed by atoms with Crippen LogP contribution in [0.3, 0.4) is 0 Å². The van der Waals surface area contributed by atoms with Crippen LogP contribution in [0.5, 0.6) is 5.75 Å². The summed E-state index contributed by atoms with van der Waals surface area (Å²) in [5, 5.41) is 2.97. The van der Waals surface area contributed by atoms with Crippen LogP contribution >= 0.6 is 0 Å². The SMILES string of the molecule is CNc1cnc(CN2CCOc3ccccc3C2)cn1. The maximum absolute atomic E-state index is 5.77. The highest BCUT2D eigenvalue weighted by Crippen LogP contribution is 2.23. The number of nitrogens with one attached hydrogen (secondary N) is 1. The molecule has 1 aromatic heterocycles. The van der Waals surface area contributed by atoms with E-state index in [-0.39, 0.29) is 0 Å². The number of hydrogen-bond acceptors (Lipinski definition) is 5. The third kappa shape index (κ3) is 2.88. The van der Waals surface area contributed by atoms with Crippen LogP contribution in [-0.4, -0.2) is 35.1 Å². The highest BCUT2D eigenvalue weighted by Gasteiger charge is 2.15. The first kappa shape index (κ1) is 12.9. The molecule has 1 aromatic carbocycles. The van der Waals surface area contributed by atoms with Crippen LogP contribution in [0.15, 0.2) is 36.7 Å². The van der Waals surface area contributed by atoms with Crippen LogP contribution in [0.25, 0.3) is 0 Å². The number of anilines is 1. The van der Waals surface area contributed by atoms with E-state index >= 15 is 0 Å². The maximum Gasteiger partial charge on any atom is 0.144 e. The van der Waals surface area contributed by atoms with E-state index in [2.05, 4.69) is 26.3 Å². The molecule has 5 nitrogen and oxygen atoms in total. The zero-order valence-electron chi connectivity index (χ0n) is 11.5. The van der Waals surface area contributed by atoms with Gasteiger partial charge in [0.05, 0.1) is 18.1 Å². The molecule has 104 valence electrons. The molecule has 1 aliphatic heterocycles. The quantitative estimate of drug-likeness (QED) is 0.923. The predicted octanol–water partition coefficient (Wildman–Crippen LogP) is 1.91. The van der Waals surface area contributed by atoms with Crippen molar-refractivity contribution in [3.8, 4) is 5.75 Å². The monoisotopic (exact) mass is 270 g/mol. The Morgan fingerprint density at radius 3 is 2.95 bits per heavy atom. The van der Waals surface area contributed by atoms with Gasteiger partial charge in [-0.2, -0.15) is 0 Å². The second-order valence-corrected chi connectivity index (χ2v) is 4.81. The summed E-state index contributed by atoms with van der Waals surface area (Å²) in [7, 11) is 1.84. The van der Waals surface area contributed by atoms with Crippen molar-refractivity contribution >= 4 is 5.82 Å². The van der Waals surface area contributed by atoms with E-state index in [4.69, 9.17) is 4.74 Å². The summed E-state index contributed by atoms with van der Waals surface area (Å²) in [6.45, 7) is 3.27. The van der Waals surface area contributed by atoms with Crippen molar-refractivity contribution in [2.24, 2.45) is 0 Å². The molecule has 1 aliphatic rings. The van der Waals surface area contributed by atoms with E-state index in [9.17, 15) is 0 Å². The number of aromatic nitrogens is 2. The fraction of sp³-hybridized carbons (Fsp3) is 0.333. The minimum Gasteiger partial charge on any atom is -0.492 e. The van der Waals surface area contributed by atoms with Gasteiger partial charge in [-0.05, 0) is 6.07 Å². The number of para-hydroxylation sites is 1. The molecule has 0 bridgehead atoms. The van der Waals surface area contributed by atoms with Gasteiger partial charge in [0, 0.05) is 32.2 Å². The third-order valence-electron chi connectivity index (χ3n) is 3.38. The van der Waals surface area contributed by atoms with Crippen molar-refractivity contribution in [3.63, 3.8) is 0 Å². The molecule has 0 unspecified atom stereocenters. The van der Waals surface area contributed by atoms with E-state index in [1.807, 2.05) is 31.4 Å². The van der Waals surface area contributed by atoms with Crippen LogP contribution in [0, 0.1) is 0 Å². The Labute approximate surface area is 118 Å². The van der Waals surface area contributed by atoms with E-state index < -0.39 is 0 Å². The number of hydrogen-bond donors (Lipinski definition) is 1. The smallest absolute Gasteiger partial charge is 0.144 e. The largest absolute Gasteiger partial charge is 0.492 e. The summed E-state index contributed by atoms with van der Waals surface area (Å²) in [5.41, 5.74) is 2.20. The summed E-state index contributed by atoms with van der Waals surface area (Å²) < 4.78 is 5.77. The molecule has 5 heteroatoms. The predicted molar refractivity (Wildman–Crippen MR) is 77.6 cm³/mol. The van der Waals surface area contributed by atoms with Gasteiger partial charge in [0.1, 0.15) is 18.2 Å². The van der Waals surface area contributed by atoms with Crippen LogP contribution in [0.2, 0.25) is 0 Å². The van der Waals surface area contributed by atoms with Crippen molar-refractivity contribution in [2.75, 3.05) is 25.5 Å². The number of benzene rings is 1. The van der Waals surface area contributed by atoms with Gasteiger partial charge in [-0.15, -0.1) is 0 Å². The number of rotatable bonds is 3. The van der Waals surface area contributed by atoms with Crippen LogP contribution in [0.4, 0.5) is 5.82 Å². The first-order valence-corrected chi connectivity index (χ1v) is 6.77. The topological polar surface area (TPSA) is 50.3 Å². The second kappa shape index (κ2) is 5.88. The molecule has 0 fully saturated rings. The fourth-order valence-electron chi connectivity index (χ4n) is 2.31.